The standard InChI is InChI=1S/C26H41N5O7/c1-3-5-7-9-11-13-18(33)28-26-29-23-20(24(36)30-26)27-16-31(23)25-22(21(35)17(15-32)37-25)38-19(34)14-12-10-8-6-4-2/h16-17,21-22,25,32,35H,3-15H2,1-2H3,(H2,28,29,30,33,36). The van der Waals surface area contributed by atoms with Crippen molar-refractivity contribution < 1.29 is 29.3 Å². The summed E-state index contributed by atoms with van der Waals surface area (Å²) >= 11 is 0. The average Bonchev–Trinajstić information content (AvgIpc) is 3.44. The minimum atomic E-state index is -1.29. The maximum Gasteiger partial charge on any atom is 0.306 e. The number of aliphatic hydroxyl groups excluding tert-OH is 2. The van der Waals surface area contributed by atoms with E-state index in [1.165, 1.54) is 10.9 Å². The Labute approximate surface area is 222 Å². The molecule has 0 spiro atoms. The van der Waals surface area contributed by atoms with Crippen LogP contribution in [0.5, 0.6) is 0 Å². The van der Waals surface area contributed by atoms with Crippen molar-refractivity contribution in [3.8, 4) is 0 Å². The van der Waals surface area contributed by atoms with Crippen LogP contribution in [0, 0.1) is 0 Å². The lowest BCUT2D eigenvalue weighted by Crippen LogP contribution is -2.37. The summed E-state index contributed by atoms with van der Waals surface area (Å²) in [6.45, 7) is 3.74. The fourth-order valence-corrected chi connectivity index (χ4v) is 4.56. The van der Waals surface area contributed by atoms with Gasteiger partial charge in [-0.3, -0.25) is 29.3 Å². The minimum absolute atomic E-state index is 0.00546. The van der Waals surface area contributed by atoms with E-state index in [1.54, 1.807) is 0 Å². The maximum absolute atomic E-state index is 12.6. The molecule has 0 aliphatic carbocycles. The molecule has 0 bridgehead atoms. The summed E-state index contributed by atoms with van der Waals surface area (Å²) < 4.78 is 12.8. The molecular formula is C26H41N5O7. The number of nitrogens with one attached hydrogen (secondary N) is 2. The van der Waals surface area contributed by atoms with Gasteiger partial charge >= 0.3 is 5.97 Å². The number of aromatic nitrogens is 4. The predicted molar refractivity (Wildman–Crippen MR) is 140 cm³/mol. The van der Waals surface area contributed by atoms with Gasteiger partial charge in [0.25, 0.3) is 5.56 Å². The van der Waals surface area contributed by atoms with Crippen molar-refractivity contribution in [2.24, 2.45) is 0 Å². The molecule has 0 aromatic carbocycles. The lowest BCUT2D eigenvalue weighted by molar-refractivity contribution is -0.158. The Morgan fingerprint density at radius 3 is 2.39 bits per heavy atom. The number of aromatic amines is 1. The SMILES string of the molecule is CCCCCCCC(=O)Nc1nc2c(ncn2C2OC(CO)C(O)C2OC(=O)CCCCCCC)c(=O)[nH]1. The van der Waals surface area contributed by atoms with Gasteiger partial charge in [-0.1, -0.05) is 65.2 Å². The number of hydrogen-bond donors (Lipinski definition) is 4. The summed E-state index contributed by atoms with van der Waals surface area (Å²) in [5.41, 5.74) is -0.484. The van der Waals surface area contributed by atoms with Crippen LogP contribution in [0.1, 0.15) is 97.1 Å². The first-order valence-electron chi connectivity index (χ1n) is 13.8. The smallest absolute Gasteiger partial charge is 0.306 e. The highest BCUT2D eigenvalue weighted by molar-refractivity contribution is 5.89. The van der Waals surface area contributed by atoms with Crippen LogP contribution in [-0.4, -0.2) is 66.5 Å². The number of carbonyl (C=O) groups excluding carboxylic acids is 2. The number of ether oxygens (including phenoxy) is 2. The first kappa shape index (κ1) is 29.7. The van der Waals surface area contributed by atoms with Gasteiger partial charge in [0.05, 0.1) is 12.9 Å². The van der Waals surface area contributed by atoms with Gasteiger partial charge in [0.2, 0.25) is 11.9 Å². The van der Waals surface area contributed by atoms with Crippen molar-refractivity contribution in [2.75, 3.05) is 11.9 Å². The van der Waals surface area contributed by atoms with Crippen molar-refractivity contribution in [3.63, 3.8) is 0 Å². The number of carbonyl (C=O) groups is 2. The minimum Gasteiger partial charge on any atom is -0.455 e. The number of rotatable bonds is 16. The van der Waals surface area contributed by atoms with E-state index < -0.39 is 42.7 Å². The van der Waals surface area contributed by atoms with Crippen molar-refractivity contribution in [1.82, 2.24) is 19.5 Å². The Balaban J connectivity index is 1.74. The highest BCUT2D eigenvalue weighted by Crippen LogP contribution is 2.33. The van der Waals surface area contributed by atoms with Crippen molar-refractivity contribution in [1.29, 1.82) is 0 Å². The summed E-state index contributed by atoms with van der Waals surface area (Å²) in [6, 6.07) is 0. The van der Waals surface area contributed by atoms with Crippen LogP contribution in [0.3, 0.4) is 0 Å². The number of aliphatic hydroxyl groups is 2. The predicted octanol–water partition coefficient (Wildman–Crippen LogP) is 2.94. The molecule has 212 valence electrons. The van der Waals surface area contributed by atoms with E-state index in [-0.39, 0.29) is 29.4 Å². The van der Waals surface area contributed by atoms with E-state index in [4.69, 9.17) is 9.47 Å². The Morgan fingerprint density at radius 2 is 1.74 bits per heavy atom. The lowest BCUT2D eigenvalue weighted by Gasteiger charge is -2.22. The molecule has 1 aliphatic heterocycles. The summed E-state index contributed by atoms with van der Waals surface area (Å²) in [6.07, 6.45) is 7.08. The Morgan fingerprint density at radius 1 is 1.08 bits per heavy atom. The van der Waals surface area contributed by atoms with E-state index in [0.717, 1.165) is 57.8 Å². The number of unbranched alkanes of at least 4 members (excludes halogenated alkanes) is 8. The fourth-order valence-electron chi connectivity index (χ4n) is 4.56. The number of H-pyrrole nitrogens is 1. The number of nitrogens with zero attached hydrogens (tertiary/aromatic N) is 3. The Hall–Kier alpha value is -2.83. The van der Waals surface area contributed by atoms with Gasteiger partial charge in [0.15, 0.2) is 23.5 Å². The summed E-state index contributed by atoms with van der Waals surface area (Å²) in [5, 5.41) is 23.0. The molecule has 1 aliphatic rings. The second-order valence-corrected chi connectivity index (χ2v) is 9.81. The van der Waals surface area contributed by atoms with Crippen LogP contribution in [0.2, 0.25) is 0 Å². The van der Waals surface area contributed by atoms with E-state index in [1.807, 2.05) is 0 Å². The van der Waals surface area contributed by atoms with Gasteiger partial charge < -0.3 is 19.7 Å². The first-order valence-corrected chi connectivity index (χ1v) is 13.8. The summed E-state index contributed by atoms with van der Waals surface area (Å²) in [4.78, 5) is 48.5. The van der Waals surface area contributed by atoms with E-state index >= 15 is 0 Å². The Bertz CT molecular complexity index is 1100. The molecule has 4 N–H and O–H groups in total. The largest absolute Gasteiger partial charge is 0.455 e. The van der Waals surface area contributed by atoms with Crippen molar-refractivity contribution in [3.05, 3.63) is 16.7 Å². The monoisotopic (exact) mass is 535 g/mol. The molecule has 2 aromatic heterocycles. The highest BCUT2D eigenvalue weighted by Gasteiger charge is 2.47. The number of amides is 1. The molecule has 4 atom stereocenters. The molecule has 3 heterocycles. The third-order valence-corrected chi connectivity index (χ3v) is 6.72. The van der Waals surface area contributed by atoms with Gasteiger partial charge in [-0.15, -0.1) is 0 Å². The number of hydrogen-bond acceptors (Lipinski definition) is 9. The van der Waals surface area contributed by atoms with E-state index in [0.29, 0.717) is 12.8 Å². The van der Waals surface area contributed by atoms with Gasteiger partial charge in [0, 0.05) is 12.8 Å². The van der Waals surface area contributed by atoms with Gasteiger partial charge in [-0.25, -0.2) is 4.98 Å². The van der Waals surface area contributed by atoms with Crippen LogP contribution >= 0.6 is 0 Å². The van der Waals surface area contributed by atoms with Gasteiger partial charge in [-0.05, 0) is 12.8 Å². The topological polar surface area (TPSA) is 169 Å². The second kappa shape index (κ2) is 14.9. The molecule has 0 saturated carbocycles. The molecule has 12 heteroatoms. The lowest BCUT2D eigenvalue weighted by atomic mass is 10.1. The average molecular weight is 536 g/mol. The molecule has 1 fully saturated rings. The molecule has 3 rings (SSSR count). The molecule has 12 nitrogen and oxygen atoms in total. The zero-order valence-corrected chi connectivity index (χ0v) is 22.4. The molecule has 4 unspecified atom stereocenters. The zero-order chi connectivity index (χ0) is 27.5. The quantitative estimate of drug-likeness (QED) is 0.186. The molecule has 38 heavy (non-hydrogen) atoms. The molecule has 1 saturated heterocycles. The number of esters is 1. The third-order valence-electron chi connectivity index (χ3n) is 6.72. The normalized spacial score (nSPS) is 21.2. The van der Waals surface area contributed by atoms with Crippen LogP contribution in [-0.2, 0) is 19.1 Å². The molecular weight excluding hydrogens is 494 g/mol. The molecule has 1 amide bonds. The van der Waals surface area contributed by atoms with Crippen LogP contribution in [0.15, 0.2) is 11.1 Å². The number of imidazole rings is 1. The summed E-state index contributed by atoms with van der Waals surface area (Å²) in [5.74, 6) is -0.797. The van der Waals surface area contributed by atoms with Crippen LogP contribution < -0.4 is 10.9 Å². The van der Waals surface area contributed by atoms with Crippen LogP contribution in [0.4, 0.5) is 5.95 Å². The van der Waals surface area contributed by atoms with Crippen molar-refractivity contribution in [2.45, 2.75) is 115 Å². The fraction of sp³-hybridized carbons (Fsp3) is 0.731. The highest BCUT2D eigenvalue weighted by atomic mass is 16.6. The van der Waals surface area contributed by atoms with E-state index in [2.05, 4.69) is 34.1 Å². The maximum atomic E-state index is 12.6. The van der Waals surface area contributed by atoms with Gasteiger partial charge in [0.1, 0.15) is 12.2 Å². The third kappa shape index (κ3) is 7.84. The Kier molecular flexibility index (Phi) is 11.7. The molecule has 2 aromatic rings. The first-order chi connectivity index (χ1) is 18.4. The second-order valence-electron chi connectivity index (χ2n) is 9.81. The summed E-state index contributed by atoms with van der Waals surface area (Å²) in [7, 11) is 0. The number of anilines is 1. The van der Waals surface area contributed by atoms with Crippen LogP contribution in [0.25, 0.3) is 11.2 Å². The van der Waals surface area contributed by atoms with E-state index in [9.17, 15) is 24.6 Å². The molecule has 0 radical (unpaired) electrons. The number of fused-ring (bicyclic) bond motifs is 1. The van der Waals surface area contributed by atoms with Crippen molar-refractivity contribution >= 4 is 29.0 Å². The van der Waals surface area contributed by atoms with Gasteiger partial charge in [-0.2, -0.15) is 4.98 Å². The zero-order valence-electron chi connectivity index (χ0n) is 22.4.